The normalized spacial score (nSPS) is 31.5. The maximum absolute atomic E-state index is 11.0. The molecule has 1 N–H and O–H groups in total. The van der Waals surface area contributed by atoms with Crippen LogP contribution in [0.15, 0.2) is 60.7 Å². The SMILES string of the molecule is Oc1cc2ccc(-c3ccccc3)cc2cc1C12CC3CC(CC(C3)C1)C2. The second-order valence-electron chi connectivity index (χ2n) is 9.50. The van der Waals surface area contributed by atoms with E-state index in [1.165, 1.54) is 60.6 Å². The predicted molar refractivity (Wildman–Crippen MR) is 111 cm³/mol. The Kier molecular flexibility index (Phi) is 3.27. The van der Waals surface area contributed by atoms with Crippen molar-refractivity contribution in [2.75, 3.05) is 0 Å². The van der Waals surface area contributed by atoms with Crippen molar-refractivity contribution in [3.63, 3.8) is 0 Å². The van der Waals surface area contributed by atoms with Gasteiger partial charge in [0.25, 0.3) is 0 Å². The van der Waals surface area contributed by atoms with Crippen LogP contribution in [0.4, 0.5) is 0 Å². The van der Waals surface area contributed by atoms with E-state index in [1.807, 2.05) is 6.07 Å². The molecule has 0 aromatic heterocycles. The molecule has 0 heterocycles. The van der Waals surface area contributed by atoms with Crippen LogP contribution >= 0.6 is 0 Å². The summed E-state index contributed by atoms with van der Waals surface area (Å²) in [5, 5.41) is 13.4. The van der Waals surface area contributed by atoms with Crippen molar-refractivity contribution in [3.05, 3.63) is 66.2 Å². The lowest BCUT2D eigenvalue weighted by atomic mass is 9.48. The molecule has 0 unspecified atom stereocenters. The Morgan fingerprint density at radius 2 is 1.33 bits per heavy atom. The standard InChI is InChI=1S/C26H26O/c27-25-13-22-7-6-21(20-4-2-1-3-5-20)11-23(22)12-24(25)26-14-17-8-18(15-26)10-19(9-17)16-26/h1-7,11-13,17-19,27H,8-10,14-16H2. The third-order valence-corrected chi connectivity index (χ3v) is 7.67. The Morgan fingerprint density at radius 1 is 0.667 bits per heavy atom. The van der Waals surface area contributed by atoms with E-state index in [-0.39, 0.29) is 5.41 Å². The Hall–Kier alpha value is -2.28. The van der Waals surface area contributed by atoms with Crippen LogP contribution in [0.1, 0.15) is 44.1 Å². The summed E-state index contributed by atoms with van der Waals surface area (Å²) < 4.78 is 0. The molecule has 4 aliphatic rings. The number of rotatable bonds is 2. The quantitative estimate of drug-likeness (QED) is 0.544. The highest BCUT2D eigenvalue weighted by molar-refractivity contribution is 5.89. The highest BCUT2D eigenvalue weighted by Crippen LogP contribution is 2.62. The maximum Gasteiger partial charge on any atom is 0.119 e. The highest BCUT2D eigenvalue weighted by atomic mass is 16.3. The third-order valence-electron chi connectivity index (χ3n) is 7.67. The van der Waals surface area contributed by atoms with E-state index in [0.717, 1.165) is 23.1 Å². The second-order valence-corrected chi connectivity index (χ2v) is 9.50. The first-order valence-electron chi connectivity index (χ1n) is 10.5. The summed E-state index contributed by atoms with van der Waals surface area (Å²) in [5.41, 5.74) is 3.98. The molecule has 3 aromatic rings. The lowest BCUT2D eigenvalue weighted by molar-refractivity contribution is -0.00606. The van der Waals surface area contributed by atoms with E-state index in [0.29, 0.717) is 5.75 Å². The largest absolute Gasteiger partial charge is 0.508 e. The zero-order valence-electron chi connectivity index (χ0n) is 15.7. The van der Waals surface area contributed by atoms with Crippen LogP contribution in [-0.2, 0) is 5.41 Å². The first-order valence-corrected chi connectivity index (χ1v) is 10.5. The molecule has 27 heavy (non-hydrogen) atoms. The molecule has 0 aliphatic heterocycles. The zero-order valence-corrected chi connectivity index (χ0v) is 15.7. The molecular weight excluding hydrogens is 328 g/mol. The van der Waals surface area contributed by atoms with E-state index in [4.69, 9.17) is 0 Å². The molecule has 7 rings (SSSR count). The smallest absolute Gasteiger partial charge is 0.119 e. The Labute approximate surface area is 161 Å². The van der Waals surface area contributed by atoms with Crippen molar-refractivity contribution in [2.24, 2.45) is 17.8 Å². The average molecular weight is 354 g/mol. The fourth-order valence-electron chi connectivity index (χ4n) is 6.96. The number of benzene rings is 3. The van der Waals surface area contributed by atoms with Gasteiger partial charge in [-0.25, -0.2) is 0 Å². The predicted octanol–water partition coefficient (Wildman–Crippen LogP) is 6.68. The summed E-state index contributed by atoms with van der Waals surface area (Å²) in [6.07, 6.45) is 8.17. The lowest BCUT2D eigenvalue weighted by Gasteiger charge is -2.57. The van der Waals surface area contributed by atoms with Gasteiger partial charge < -0.3 is 5.11 Å². The number of fused-ring (bicyclic) bond motifs is 1. The topological polar surface area (TPSA) is 20.2 Å². The molecular formula is C26H26O. The van der Waals surface area contributed by atoms with Gasteiger partial charge in [-0.15, -0.1) is 0 Å². The monoisotopic (exact) mass is 354 g/mol. The lowest BCUT2D eigenvalue weighted by Crippen LogP contribution is -2.48. The van der Waals surface area contributed by atoms with Crippen LogP contribution in [0.3, 0.4) is 0 Å². The van der Waals surface area contributed by atoms with Gasteiger partial charge in [0.1, 0.15) is 5.75 Å². The molecule has 3 aromatic carbocycles. The van der Waals surface area contributed by atoms with Crippen LogP contribution in [0.5, 0.6) is 5.75 Å². The van der Waals surface area contributed by atoms with Crippen LogP contribution in [0.2, 0.25) is 0 Å². The number of hydrogen-bond acceptors (Lipinski definition) is 1. The number of hydrogen-bond donors (Lipinski definition) is 1. The molecule has 0 saturated heterocycles. The van der Waals surface area contributed by atoms with Gasteiger partial charge in [0.15, 0.2) is 0 Å². The van der Waals surface area contributed by atoms with Gasteiger partial charge in [-0.3, -0.25) is 0 Å². The first kappa shape index (κ1) is 15.7. The summed E-state index contributed by atoms with van der Waals surface area (Å²) in [5.74, 6) is 3.20. The number of phenolic OH excluding ortho intramolecular Hbond substituents is 1. The zero-order chi connectivity index (χ0) is 18.0. The van der Waals surface area contributed by atoms with Crippen LogP contribution < -0.4 is 0 Å². The van der Waals surface area contributed by atoms with Gasteiger partial charge >= 0.3 is 0 Å². The summed E-state index contributed by atoms with van der Waals surface area (Å²) in [6.45, 7) is 0. The first-order chi connectivity index (χ1) is 13.2. The molecule has 0 atom stereocenters. The average Bonchev–Trinajstić information content (AvgIpc) is 2.67. The fourth-order valence-corrected chi connectivity index (χ4v) is 6.96. The molecule has 4 fully saturated rings. The van der Waals surface area contributed by atoms with Gasteiger partial charge in [0.2, 0.25) is 0 Å². The van der Waals surface area contributed by atoms with Crippen molar-refractivity contribution in [3.8, 4) is 16.9 Å². The molecule has 0 spiro atoms. The van der Waals surface area contributed by atoms with E-state index in [2.05, 4.69) is 54.6 Å². The molecule has 1 nitrogen and oxygen atoms in total. The Balaban J connectivity index is 1.48. The van der Waals surface area contributed by atoms with Gasteiger partial charge in [-0.2, -0.15) is 0 Å². The molecule has 4 aliphatic carbocycles. The Morgan fingerprint density at radius 3 is 2.00 bits per heavy atom. The van der Waals surface area contributed by atoms with E-state index >= 15 is 0 Å². The van der Waals surface area contributed by atoms with Crippen molar-refractivity contribution in [1.29, 1.82) is 0 Å². The van der Waals surface area contributed by atoms with Crippen molar-refractivity contribution >= 4 is 10.8 Å². The van der Waals surface area contributed by atoms with Crippen LogP contribution in [0.25, 0.3) is 21.9 Å². The van der Waals surface area contributed by atoms with Gasteiger partial charge in [-0.05, 0) is 102 Å². The number of phenols is 1. The second kappa shape index (κ2) is 5.61. The van der Waals surface area contributed by atoms with Crippen molar-refractivity contribution in [1.82, 2.24) is 0 Å². The summed E-state index contributed by atoms with van der Waals surface area (Å²) >= 11 is 0. The molecule has 4 saturated carbocycles. The van der Waals surface area contributed by atoms with Crippen molar-refractivity contribution in [2.45, 2.75) is 43.9 Å². The van der Waals surface area contributed by atoms with E-state index in [9.17, 15) is 5.11 Å². The molecule has 0 amide bonds. The van der Waals surface area contributed by atoms with Crippen LogP contribution in [0, 0.1) is 17.8 Å². The van der Waals surface area contributed by atoms with Crippen LogP contribution in [-0.4, -0.2) is 5.11 Å². The molecule has 1 heteroatoms. The number of aromatic hydroxyl groups is 1. The van der Waals surface area contributed by atoms with Crippen molar-refractivity contribution < 1.29 is 5.11 Å². The fraction of sp³-hybridized carbons (Fsp3) is 0.385. The minimum Gasteiger partial charge on any atom is -0.508 e. The summed E-state index contributed by atoms with van der Waals surface area (Å²) in [7, 11) is 0. The van der Waals surface area contributed by atoms with E-state index < -0.39 is 0 Å². The van der Waals surface area contributed by atoms with Gasteiger partial charge in [0.05, 0.1) is 0 Å². The summed E-state index contributed by atoms with van der Waals surface area (Å²) in [6, 6.07) is 21.5. The highest BCUT2D eigenvalue weighted by Gasteiger charge is 2.52. The minimum absolute atomic E-state index is 0.232. The third kappa shape index (κ3) is 2.44. The summed E-state index contributed by atoms with van der Waals surface area (Å²) in [4.78, 5) is 0. The van der Waals surface area contributed by atoms with E-state index in [1.54, 1.807) is 0 Å². The molecule has 136 valence electrons. The maximum atomic E-state index is 11.0. The minimum atomic E-state index is 0.232. The van der Waals surface area contributed by atoms with Gasteiger partial charge in [-0.1, -0.05) is 42.5 Å². The molecule has 0 radical (unpaired) electrons. The molecule has 4 bridgehead atoms. The van der Waals surface area contributed by atoms with Gasteiger partial charge in [0, 0.05) is 5.56 Å². The Bertz CT molecular complexity index is 982.